The van der Waals surface area contributed by atoms with E-state index in [-0.39, 0.29) is 5.91 Å². The lowest BCUT2D eigenvalue weighted by molar-refractivity contribution is 0.0775. The van der Waals surface area contributed by atoms with E-state index in [1.165, 1.54) is 0 Å². The fourth-order valence-corrected chi connectivity index (χ4v) is 2.71. The summed E-state index contributed by atoms with van der Waals surface area (Å²) in [4.78, 5) is 14.1. The van der Waals surface area contributed by atoms with Gasteiger partial charge >= 0.3 is 0 Å². The molecule has 5 heteroatoms. The molecule has 3 heterocycles. The number of carbonyl (C=O) groups is 1. The summed E-state index contributed by atoms with van der Waals surface area (Å²) in [5.41, 5.74) is 0.565. The molecular formula is C11H16N4O. The van der Waals surface area contributed by atoms with Crippen molar-refractivity contribution in [1.29, 1.82) is 0 Å². The Hall–Kier alpha value is -1.36. The predicted molar refractivity (Wildman–Crippen MR) is 59.0 cm³/mol. The Morgan fingerprint density at radius 1 is 1.44 bits per heavy atom. The minimum Gasteiger partial charge on any atom is -0.337 e. The van der Waals surface area contributed by atoms with Crippen LogP contribution in [0.4, 0.5) is 0 Å². The quantitative estimate of drug-likeness (QED) is 0.707. The number of aryl methyl sites for hydroxylation is 1. The van der Waals surface area contributed by atoms with Crippen LogP contribution >= 0.6 is 0 Å². The first-order chi connectivity index (χ1) is 7.74. The molecule has 1 amide bonds. The van der Waals surface area contributed by atoms with E-state index in [2.05, 4.69) is 10.4 Å². The molecule has 2 atom stereocenters. The number of rotatable bonds is 1. The summed E-state index contributed by atoms with van der Waals surface area (Å²) in [7, 11) is 1.83. The highest BCUT2D eigenvalue weighted by Gasteiger charge is 2.38. The smallest absolute Gasteiger partial charge is 0.274 e. The molecule has 0 radical (unpaired) electrons. The molecule has 1 N–H and O–H groups in total. The van der Waals surface area contributed by atoms with Crippen LogP contribution in [0.3, 0.4) is 0 Å². The molecule has 0 unspecified atom stereocenters. The SMILES string of the molecule is Cn1ccc(C(=O)N2C[C@H]3CNC[C@H]3C2)n1. The molecule has 0 spiro atoms. The number of carbonyl (C=O) groups excluding carboxylic acids is 1. The van der Waals surface area contributed by atoms with E-state index in [9.17, 15) is 4.79 Å². The average molecular weight is 220 g/mol. The van der Waals surface area contributed by atoms with E-state index < -0.39 is 0 Å². The van der Waals surface area contributed by atoms with Gasteiger partial charge in [0.05, 0.1) is 0 Å². The minimum absolute atomic E-state index is 0.0787. The highest BCUT2D eigenvalue weighted by atomic mass is 16.2. The first kappa shape index (κ1) is 9.84. The molecule has 1 aromatic rings. The number of hydrogen-bond donors (Lipinski definition) is 1. The van der Waals surface area contributed by atoms with E-state index in [4.69, 9.17) is 0 Å². The van der Waals surface area contributed by atoms with Gasteiger partial charge in [-0.2, -0.15) is 5.10 Å². The van der Waals surface area contributed by atoms with E-state index in [0.717, 1.165) is 26.2 Å². The van der Waals surface area contributed by atoms with E-state index >= 15 is 0 Å². The first-order valence-corrected chi connectivity index (χ1v) is 5.73. The number of fused-ring (bicyclic) bond motifs is 1. The third-order valence-electron chi connectivity index (χ3n) is 3.61. The predicted octanol–water partition coefficient (Wildman–Crippen LogP) is -0.289. The van der Waals surface area contributed by atoms with Crippen LogP contribution in [-0.2, 0) is 7.05 Å². The maximum atomic E-state index is 12.1. The van der Waals surface area contributed by atoms with Crippen molar-refractivity contribution in [2.75, 3.05) is 26.2 Å². The third-order valence-corrected chi connectivity index (χ3v) is 3.61. The average Bonchev–Trinajstić information content (AvgIpc) is 2.89. The molecule has 0 aromatic carbocycles. The van der Waals surface area contributed by atoms with E-state index in [1.54, 1.807) is 10.7 Å². The normalized spacial score (nSPS) is 28.4. The van der Waals surface area contributed by atoms with Gasteiger partial charge in [-0.1, -0.05) is 0 Å². The van der Waals surface area contributed by atoms with Gasteiger partial charge in [-0.25, -0.2) is 0 Å². The van der Waals surface area contributed by atoms with Gasteiger partial charge < -0.3 is 10.2 Å². The summed E-state index contributed by atoms with van der Waals surface area (Å²) >= 11 is 0. The lowest BCUT2D eigenvalue weighted by atomic mass is 10.0. The summed E-state index contributed by atoms with van der Waals surface area (Å²) in [5, 5.41) is 7.53. The zero-order valence-electron chi connectivity index (χ0n) is 9.39. The van der Waals surface area contributed by atoms with E-state index in [1.807, 2.05) is 18.1 Å². The van der Waals surface area contributed by atoms with Gasteiger partial charge in [0.2, 0.25) is 0 Å². The second-order valence-corrected chi connectivity index (χ2v) is 4.76. The molecule has 86 valence electrons. The Morgan fingerprint density at radius 3 is 2.69 bits per heavy atom. The van der Waals surface area contributed by atoms with Gasteiger partial charge in [-0.15, -0.1) is 0 Å². The molecule has 0 bridgehead atoms. The molecule has 0 saturated carbocycles. The van der Waals surface area contributed by atoms with E-state index in [0.29, 0.717) is 17.5 Å². The number of nitrogens with zero attached hydrogens (tertiary/aromatic N) is 3. The largest absolute Gasteiger partial charge is 0.337 e. The molecule has 2 fully saturated rings. The number of aromatic nitrogens is 2. The van der Waals surface area contributed by atoms with Crippen LogP contribution in [0.5, 0.6) is 0 Å². The molecule has 2 aliphatic rings. The van der Waals surface area contributed by atoms with Crippen molar-refractivity contribution in [2.45, 2.75) is 0 Å². The van der Waals surface area contributed by atoms with Crippen molar-refractivity contribution in [3.8, 4) is 0 Å². The first-order valence-electron chi connectivity index (χ1n) is 5.73. The highest BCUT2D eigenvalue weighted by Crippen LogP contribution is 2.27. The summed E-state index contributed by atoms with van der Waals surface area (Å²) in [6.07, 6.45) is 1.81. The zero-order valence-corrected chi connectivity index (χ0v) is 9.39. The molecule has 2 aliphatic heterocycles. The van der Waals surface area contributed by atoms with Crippen molar-refractivity contribution >= 4 is 5.91 Å². The molecule has 5 nitrogen and oxygen atoms in total. The Balaban J connectivity index is 1.73. The van der Waals surface area contributed by atoms with Gasteiger partial charge in [0, 0.05) is 39.4 Å². The van der Waals surface area contributed by atoms with Crippen LogP contribution < -0.4 is 5.32 Å². The second-order valence-electron chi connectivity index (χ2n) is 4.76. The fraction of sp³-hybridized carbons (Fsp3) is 0.636. The summed E-state index contributed by atoms with van der Waals surface area (Å²) in [5.74, 6) is 1.37. The number of nitrogens with one attached hydrogen (secondary N) is 1. The number of amides is 1. The maximum absolute atomic E-state index is 12.1. The van der Waals surface area contributed by atoms with Crippen molar-refractivity contribution < 1.29 is 4.79 Å². The summed E-state index contributed by atoms with van der Waals surface area (Å²) in [6, 6.07) is 1.79. The molecular weight excluding hydrogens is 204 g/mol. The number of hydrogen-bond acceptors (Lipinski definition) is 3. The van der Waals surface area contributed by atoms with Crippen molar-refractivity contribution in [2.24, 2.45) is 18.9 Å². The van der Waals surface area contributed by atoms with Crippen LogP contribution in [0, 0.1) is 11.8 Å². The monoisotopic (exact) mass is 220 g/mol. The van der Waals surface area contributed by atoms with Crippen LogP contribution in [0.25, 0.3) is 0 Å². The molecule has 2 saturated heterocycles. The fourth-order valence-electron chi connectivity index (χ4n) is 2.71. The second kappa shape index (κ2) is 3.59. The topological polar surface area (TPSA) is 50.2 Å². The summed E-state index contributed by atoms with van der Waals surface area (Å²) in [6.45, 7) is 3.87. The Bertz CT molecular complexity index is 402. The van der Waals surface area contributed by atoms with Crippen molar-refractivity contribution in [3.63, 3.8) is 0 Å². The van der Waals surface area contributed by atoms with Gasteiger partial charge in [-0.05, 0) is 17.9 Å². The Kier molecular flexibility index (Phi) is 2.21. The van der Waals surface area contributed by atoms with Crippen molar-refractivity contribution in [1.82, 2.24) is 20.0 Å². The van der Waals surface area contributed by atoms with Crippen LogP contribution in [0.15, 0.2) is 12.3 Å². The molecule has 1 aromatic heterocycles. The summed E-state index contributed by atoms with van der Waals surface area (Å²) < 4.78 is 1.67. The van der Waals surface area contributed by atoms with Crippen molar-refractivity contribution in [3.05, 3.63) is 18.0 Å². The Morgan fingerprint density at radius 2 is 2.12 bits per heavy atom. The lowest BCUT2D eigenvalue weighted by Crippen LogP contribution is -2.32. The van der Waals surface area contributed by atoms with Gasteiger partial charge in [0.1, 0.15) is 5.69 Å². The van der Waals surface area contributed by atoms with Crippen LogP contribution in [0.2, 0.25) is 0 Å². The highest BCUT2D eigenvalue weighted by molar-refractivity contribution is 5.92. The maximum Gasteiger partial charge on any atom is 0.274 e. The standard InChI is InChI=1S/C11H16N4O/c1-14-3-2-10(13-14)11(16)15-6-8-4-12-5-9(8)7-15/h2-3,8-9,12H,4-7H2,1H3/t8-,9+. The van der Waals surface area contributed by atoms with Gasteiger partial charge in [0.25, 0.3) is 5.91 Å². The molecule has 0 aliphatic carbocycles. The molecule has 3 rings (SSSR count). The van der Waals surface area contributed by atoms with Gasteiger partial charge in [0.15, 0.2) is 0 Å². The lowest BCUT2D eigenvalue weighted by Gasteiger charge is -2.15. The Labute approximate surface area is 94.4 Å². The van der Waals surface area contributed by atoms with Gasteiger partial charge in [-0.3, -0.25) is 9.48 Å². The number of likely N-dealkylation sites (tertiary alicyclic amines) is 1. The zero-order chi connectivity index (χ0) is 11.1. The molecule has 16 heavy (non-hydrogen) atoms. The third kappa shape index (κ3) is 1.51. The van der Waals surface area contributed by atoms with Crippen LogP contribution in [-0.4, -0.2) is 46.8 Å². The minimum atomic E-state index is 0.0787. The van der Waals surface area contributed by atoms with Crippen LogP contribution in [0.1, 0.15) is 10.5 Å².